The van der Waals surface area contributed by atoms with E-state index in [4.69, 9.17) is 15.9 Å². The van der Waals surface area contributed by atoms with E-state index in [0.29, 0.717) is 18.7 Å². The van der Waals surface area contributed by atoms with E-state index in [-0.39, 0.29) is 17.6 Å². The summed E-state index contributed by atoms with van der Waals surface area (Å²) in [5.74, 6) is -1.03. The Morgan fingerprint density at radius 3 is 2.58 bits per heavy atom. The topological polar surface area (TPSA) is 95.6 Å². The van der Waals surface area contributed by atoms with Crippen molar-refractivity contribution in [3.05, 3.63) is 23.3 Å². The van der Waals surface area contributed by atoms with Gasteiger partial charge in [-0.2, -0.15) is 0 Å². The van der Waals surface area contributed by atoms with Crippen LogP contribution in [0.2, 0.25) is 0 Å². The van der Waals surface area contributed by atoms with Crippen LogP contribution in [-0.2, 0) is 0 Å². The molecule has 0 aliphatic heterocycles. The lowest BCUT2D eigenvalue weighted by Crippen LogP contribution is -2.24. The number of carboxylic acid groups (broad SMARTS) is 1. The van der Waals surface area contributed by atoms with Gasteiger partial charge < -0.3 is 21.3 Å². The van der Waals surface area contributed by atoms with Gasteiger partial charge in [-0.25, -0.2) is 4.79 Å². The monoisotopic (exact) mass is 266 g/mol. The third-order valence-corrected chi connectivity index (χ3v) is 3.18. The first-order valence-electron chi connectivity index (χ1n) is 6.25. The number of anilines is 2. The minimum absolute atomic E-state index is 0.0621. The molecule has 5 nitrogen and oxygen atoms in total. The van der Waals surface area contributed by atoms with Crippen molar-refractivity contribution in [2.24, 2.45) is 5.41 Å². The molecule has 0 atom stereocenters. The number of nitrogens with two attached hydrogens (primary N) is 1. The van der Waals surface area contributed by atoms with Gasteiger partial charge in [-0.05, 0) is 36.5 Å². The van der Waals surface area contributed by atoms with Crippen molar-refractivity contribution in [3.63, 3.8) is 0 Å². The molecule has 0 saturated carbocycles. The van der Waals surface area contributed by atoms with Crippen molar-refractivity contribution < 1.29 is 15.0 Å². The highest BCUT2D eigenvalue weighted by atomic mass is 16.4. The summed E-state index contributed by atoms with van der Waals surface area (Å²) < 4.78 is 0. The molecule has 0 aromatic heterocycles. The number of carbonyl (C=O) groups is 1. The van der Waals surface area contributed by atoms with Crippen LogP contribution in [0.15, 0.2) is 12.1 Å². The van der Waals surface area contributed by atoms with Crippen molar-refractivity contribution in [2.45, 2.75) is 27.2 Å². The largest absolute Gasteiger partial charge is 0.478 e. The second-order valence-corrected chi connectivity index (χ2v) is 5.55. The third-order valence-electron chi connectivity index (χ3n) is 3.18. The number of aliphatic hydroxyl groups excluding tert-OH is 1. The van der Waals surface area contributed by atoms with Crippen LogP contribution < -0.4 is 11.1 Å². The summed E-state index contributed by atoms with van der Waals surface area (Å²) in [6, 6.07) is 3.37. The van der Waals surface area contributed by atoms with Crippen molar-refractivity contribution in [1.29, 1.82) is 0 Å². The number of nitrogen functional groups attached to an aromatic ring is 1. The van der Waals surface area contributed by atoms with E-state index < -0.39 is 5.97 Å². The first-order chi connectivity index (χ1) is 8.76. The summed E-state index contributed by atoms with van der Waals surface area (Å²) in [7, 11) is 0. The number of rotatable bonds is 6. The summed E-state index contributed by atoms with van der Waals surface area (Å²) in [5.41, 5.74) is 7.56. The summed E-state index contributed by atoms with van der Waals surface area (Å²) in [5, 5.41) is 21.3. The van der Waals surface area contributed by atoms with Crippen LogP contribution in [0.5, 0.6) is 0 Å². The van der Waals surface area contributed by atoms with Gasteiger partial charge in [-0.15, -0.1) is 0 Å². The fourth-order valence-corrected chi connectivity index (χ4v) is 1.81. The molecule has 5 heteroatoms. The highest BCUT2D eigenvalue weighted by Crippen LogP contribution is 2.25. The number of hydrogen-bond donors (Lipinski definition) is 4. The number of carboxylic acids is 1. The first kappa shape index (κ1) is 15.3. The predicted molar refractivity (Wildman–Crippen MR) is 76.5 cm³/mol. The van der Waals surface area contributed by atoms with Gasteiger partial charge in [-0.1, -0.05) is 13.8 Å². The lowest BCUT2D eigenvalue weighted by molar-refractivity contribution is 0.0698. The normalized spacial score (nSPS) is 11.4. The Morgan fingerprint density at radius 2 is 2.05 bits per heavy atom. The van der Waals surface area contributed by atoms with E-state index in [1.54, 1.807) is 13.0 Å². The maximum Gasteiger partial charge on any atom is 0.337 e. The molecule has 0 fully saturated rings. The molecule has 1 aromatic carbocycles. The molecule has 0 radical (unpaired) electrons. The highest BCUT2D eigenvalue weighted by Gasteiger charge is 2.18. The Morgan fingerprint density at radius 1 is 1.42 bits per heavy atom. The summed E-state index contributed by atoms with van der Waals surface area (Å²) in [6.07, 6.45) is 0.680. The molecule has 5 N–H and O–H groups in total. The van der Waals surface area contributed by atoms with Crippen molar-refractivity contribution in [3.8, 4) is 0 Å². The number of aliphatic hydroxyl groups is 1. The van der Waals surface area contributed by atoms with Crippen LogP contribution in [-0.4, -0.2) is 29.3 Å². The molecule has 0 aliphatic carbocycles. The van der Waals surface area contributed by atoms with Crippen molar-refractivity contribution >= 4 is 17.3 Å². The van der Waals surface area contributed by atoms with Gasteiger partial charge in [0, 0.05) is 24.5 Å². The van der Waals surface area contributed by atoms with Crippen LogP contribution >= 0.6 is 0 Å². The molecule has 1 rings (SSSR count). The molecule has 0 heterocycles. The van der Waals surface area contributed by atoms with Crippen molar-refractivity contribution in [1.82, 2.24) is 0 Å². The minimum Gasteiger partial charge on any atom is -0.478 e. The van der Waals surface area contributed by atoms with Gasteiger partial charge in [0.1, 0.15) is 0 Å². The Labute approximate surface area is 113 Å². The molecule has 106 valence electrons. The van der Waals surface area contributed by atoms with E-state index in [9.17, 15) is 4.79 Å². The van der Waals surface area contributed by atoms with E-state index in [2.05, 4.69) is 5.32 Å². The molecule has 1 aromatic rings. The molecule has 0 saturated heterocycles. The van der Waals surface area contributed by atoms with Crippen LogP contribution in [0, 0.1) is 12.3 Å². The molecule has 0 bridgehead atoms. The maximum atomic E-state index is 11.1. The second kappa shape index (κ2) is 5.93. The Hall–Kier alpha value is -1.75. The van der Waals surface area contributed by atoms with E-state index >= 15 is 0 Å². The predicted octanol–water partition coefficient (Wildman–Crippen LogP) is 2.10. The second-order valence-electron chi connectivity index (χ2n) is 5.55. The average Bonchev–Trinajstić information content (AvgIpc) is 2.30. The van der Waals surface area contributed by atoms with Gasteiger partial charge >= 0.3 is 5.97 Å². The number of nitrogens with one attached hydrogen (secondary N) is 1. The summed E-state index contributed by atoms with van der Waals surface area (Å²) in [4.78, 5) is 11.1. The molecule has 0 amide bonds. The highest BCUT2D eigenvalue weighted by molar-refractivity contribution is 5.95. The lowest BCUT2D eigenvalue weighted by atomic mass is 9.89. The Balaban J connectivity index is 2.88. The average molecular weight is 266 g/mol. The molecular formula is C14H22N2O3. The van der Waals surface area contributed by atoms with E-state index in [1.807, 2.05) is 19.9 Å². The fourth-order valence-electron chi connectivity index (χ4n) is 1.81. The molecular weight excluding hydrogens is 244 g/mol. The van der Waals surface area contributed by atoms with E-state index in [1.165, 1.54) is 0 Å². The Kier molecular flexibility index (Phi) is 4.78. The lowest BCUT2D eigenvalue weighted by Gasteiger charge is -2.25. The fraction of sp³-hybridized carbons (Fsp3) is 0.500. The number of hydrogen-bond acceptors (Lipinski definition) is 4. The molecule has 0 spiro atoms. The Bertz CT molecular complexity index is 470. The minimum atomic E-state index is -1.03. The van der Waals surface area contributed by atoms with Crippen molar-refractivity contribution in [2.75, 3.05) is 24.2 Å². The number of aryl methyl sites for hydroxylation is 1. The molecule has 19 heavy (non-hydrogen) atoms. The summed E-state index contributed by atoms with van der Waals surface area (Å²) >= 11 is 0. The van der Waals surface area contributed by atoms with Gasteiger partial charge in [0.25, 0.3) is 0 Å². The smallest absolute Gasteiger partial charge is 0.337 e. The first-order valence-corrected chi connectivity index (χ1v) is 6.25. The van der Waals surface area contributed by atoms with Gasteiger partial charge in [0.05, 0.1) is 5.56 Å². The van der Waals surface area contributed by atoms with Crippen LogP contribution in [0.4, 0.5) is 11.4 Å². The molecule has 0 aliphatic rings. The molecule has 0 unspecified atom stereocenters. The number of benzene rings is 1. The van der Waals surface area contributed by atoms with Crippen LogP contribution in [0.25, 0.3) is 0 Å². The number of aromatic carboxylic acids is 1. The summed E-state index contributed by atoms with van der Waals surface area (Å²) in [6.45, 7) is 6.65. The zero-order valence-electron chi connectivity index (χ0n) is 11.7. The third kappa shape index (κ3) is 4.13. The SMILES string of the molecule is Cc1cc(NCC(C)(C)CCO)cc(C(=O)O)c1N. The quantitative estimate of drug-likeness (QED) is 0.591. The van der Waals surface area contributed by atoms with Gasteiger partial charge in [0.15, 0.2) is 0 Å². The van der Waals surface area contributed by atoms with Crippen LogP contribution in [0.1, 0.15) is 36.2 Å². The zero-order valence-corrected chi connectivity index (χ0v) is 11.7. The standard InChI is InChI=1S/C14H22N2O3/c1-9-6-10(7-11(12(9)15)13(18)19)16-8-14(2,3)4-5-17/h6-7,16-17H,4-5,8,15H2,1-3H3,(H,18,19). The zero-order chi connectivity index (χ0) is 14.6. The van der Waals surface area contributed by atoms with Crippen LogP contribution in [0.3, 0.4) is 0 Å². The maximum absolute atomic E-state index is 11.1. The van der Waals surface area contributed by atoms with Gasteiger partial charge in [-0.3, -0.25) is 0 Å². The van der Waals surface area contributed by atoms with E-state index in [0.717, 1.165) is 11.3 Å². The van der Waals surface area contributed by atoms with Gasteiger partial charge in [0.2, 0.25) is 0 Å².